The van der Waals surface area contributed by atoms with Crippen LogP contribution in [0.25, 0.3) is 0 Å². The molecular formula is C13H19N3O2. The van der Waals surface area contributed by atoms with Crippen molar-refractivity contribution < 1.29 is 9.90 Å². The molecule has 2 rings (SSSR count). The minimum absolute atomic E-state index is 0.660. The van der Waals surface area contributed by atoms with Crippen LogP contribution < -0.4 is 5.32 Å². The molecule has 0 aliphatic heterocycles. The number of nitrogens with zero attached hydrogens (tertiary/aromatic N) is 2. The molecular weight excluding hydrogens is 230 g/mol. The third kappa shape index (κ3) is 2.30. The van der Waals surface area contributed by atoms with E-state index in [1.165, 1.54) is 0 Å². The van der Waals surface area contributed by atoms with Crippen molar-refractivity contribution in [3.63, 3.8) is 0 Å². The number of carboxylic acid groups (broad SMARTS) is 1. The lowest BCUT2D eigenvalue weighted by Gasteiger charge is -2.27. The Balaban J connectivity index is 2.32. The van der Waals surface area contributed by atoms with Crippen LogP contribution in [0, 0.1) is 6.92 Å². The van der Waals surface area contributed by atoms with Crippen molar-refractivity contribution in [2.24, 2.45) is 0 Å². The first-order valence-corrected chi connectivity index (χ1v) is 6.41. The lowest BCUT2D eigenvalue weighted by molar-refractivity contribution is -0.142. The Kier molecular flexibility index (Phi) is 3.50. The molecule has 0 amide bonds. The molecule has 1 aliphatic rings. The van der Waals surface area contributed by atoms with Gasteiger partial charge in [-0.1, -0.05) is 19.8 Å². The first-order valence-electron chi connectivity index (χ1n) is 6.41. The Labute approximate surface area is 107 Å². The van der Waals surface area contributed by atoms with E-state index in [0.717, 1.165) is 24.8 Å². The number of rotatable bonds is 4. The number of hydrogen-bond acceptors (Lipinski definition) is 4. The zero-order chi connectivity index (χ0) is 13.2. The number of carboxylic acids is 1. The minimum Gasteiger partial charge on any atom is -0.480 e. The van der Waals surface area contributed by atoms with Crippen molar-refractivity contribution in [1.29, 1.82) is 0 Å². The van der Waals surface area contributed by atoms with Gasteiger partial charge in [-0.3, -0.25) is 0 Å². The van der Waals surface area contributed by atoms with Crippen LogP contribution in [0.4, 0.5) is 5.82 Å². The maximum absolute atomic E-state index is 11.5. The summed E-state index contributed by atoms with van der Waals surface area (Å²) in [6.07, 6.45) is 5.78. The topological polar surface area (TPSA) is 75.1 Å². The van der Waals surface area contributed by atoms with Gasteiger partial charge < -0.3 is 10.4 Å². The highest BCUT2D eigenvalue weighted by Gasteiger charge is 2.41. The van der Waals surface area contributed by atoms with Crippen LogP contribution in [-0.2, 0) is 11.2 Å². The summed E-state index contributed by atoms with van der Waals surface area (Å²) in [7, 11) is 0. The maximum Gasteiger partial charge on any atom is 0.329 e. The van der Waals surface area contributed by atoms with Gasteiger partial charge in [0, 0.05) is 11.8 Å². The zero-order valence-corrected chi connectivity index (χ0v) is 10.9. The average Bonchev–Trinajstić information content (AvgIpc) is 2.79. The third-order valence-corrected chi connectivity index (χ3v) is 3.59. The predicted octanol–water partition coefficient (Wildman–Crippen LogP) is 2.16. The second-order valence-electron chi connectivity index (χ2n) is 4.86. The third-order valence-electron chi connectivity index (χ3n) is 3.59. The molecule has 0 atom stereocenters. The van der Waals surface area contributed by atoms with Gasteiger partial charge in [-0.15, -0.1) is 0 Å². The highest BCUT2D eigenvalue weighted by atomic mass is 16.4. The molecule has 1 aliphatic carbocycles. The van der Waals surface area contributed by atoms with Gasteiger partial charge in [0.25, 0.3) is 0 Å². The van der Waals surface area contributed by atoms with Crippen LogP contribution in [0.15, 0.2) is 6.20 Å². The number of anilines is 1. The lowest BCUT2D eigenvalue weighted by Crippen LogP contribution is -2.44. The van der Waals surface area contributed by atoms with E-state index in [9.17, 15) is 9.90 Å². The fraction of sp³-hybridized carbons (Fsp3) is 0.615. The summed E-state index contributed by atoms with van der Waals surface area (Å²) < 4.78 is 0. The summed E-state index contributed by atoms with van der Waals surface area (Å²) in [6.45, 7) is 3.83. The largest absolute Gasteiger partial charge is 0.480 e. The normalized spacial score (nSPS) is 17.7. The van der Waals surface area contributed by atoms with Crippen molar-refractivity contribution in [3.8, 4) is 0 Å². The van der Waals surface area contributed by atoms with Crippen LogP contribution in [0.2, 0.25) is 0 Å². The number of aliphatic carboxylic acids is 1. The molecule has 1 fully saturated rings. The maximum atomic E-state index is 11.5. The van der Waals surface area contributed by atoms with Crippen molar-refractivity contribution >= 4 is 11.8 Å². The molecule has 1 saturated carbocycles. The molecule has 0 bridgehead atoms. The van der Waals surface area contributed by atoms with Crippen LogP contribution >= 0.6 is 0 Å². The smallest absolute Gasteiger partial charge is 0.329 e. The first-order chi connectivity index (χ1) is 8.57. The van der Waals surface area contributed by atoms with E-state index in [2.05, 4.69) is 15.3 Å². The van der Waals surface area contributed by atoms with Crippen molar-refractivity contribution in [3.05, 3.63) is 17.6 Å². The van der Waals surface area contributed by atoms with Crippen molar-refractivity contribution in [2.45, 2.75) is 51.5 Å². The molecule has 0 unspecified atom stereocenters. The van der Waals surface area contributed by atoms with E-state index in [0.29, 0.717) is 24.5 Å². The molecule has 1 heterocycles. The van der Waals surface area contributed by atoms with Gasteiger partial charge >= 0.3 is 5.97 Å². The minimum atomic E-state index is -0.843. The molecule has 18 heavy (non-hydrogen) atoms. The molecule has 0 aromatic carbocycles. The fourth-order valence-corrected chi connectivity index (χ4v) is 2.46. The van der Waals surface area contributed by atoms with Gasteiger partial charge in [0.1, 0.15) is 17.2 Å². The average molecular weight is 249 g/mol. The molecule has 98 valence electrons. The van der Waals surface area contributed by atoms with Crippen molar-refractivity contribution in [1.82, 2.24) is 9.97 Å². The summed E-state index contributed by atoms with van der Waals surface area (Å²) in [6, 6.07) is 0. The van der Waals surface area contributed by atoms with E-state index in [-0.39, 0.29) is 0 Å². The van der Waals surface area contributed by atoms with Gasteiger partial charge in [-0.2, -0.15) is 0 Å². The van der Waals surface area contributed by atoms with Gasteiger partial charge in [-0.25, -0.2) is 14.8 Å². The summed E-state index contributed by atoms with van der Waals surface area (Å²) in [4.78, 5) is 20.0. The second kappa shape index (κ2) is 4.92. The monoisotopic (exact) mass is 249 g/mol. The highest BCUT2D eigenvalue weighted by molar-refractivity contribution is 5.83. The van der Waals surface area contributed by atoms with Gasteiger partial charge in [-0.05, 0) is 26.2 Å². The molecule has 5 heteroatoms. The second-order valence-corrected chi connectivity index (χ2v) is 4.86. The van der Waals surface area contributed by atoms with Gasteiger partial charge in [0.2, 0.25) is 0 Å². The van der Waals surface area contributed by atoms with E-state index >= 15 is 0 Å². The number of hydrogen-bond donors (Lipinski definition) is 2. The summed E-state index contributed by atoms with van der Waals surface area (Å²) in [5.41, 5.74) is 0.123. The van der Waals surface area contributed by atoms with E-state index in [1.54, 1.807) is 6.20 Å². The lowest BCUT2D eigenvalue weighted by atomic mass is 9.97. The molecule has 0 spiro atoms. The fourth-order valence-electron chi connectivity index (χ4n) is 2.46. The standard InChI is InChI=1S/C13H19N3O2/c1-3-10-8-14-9(2)15-11(10)16-13(12(17)18)6-4-5-7-13/h8H,3-7H2,1-2H3,(H,17,18)(H,14,15,16). The van der Waals surface area contributed by atoms with Crippen LogP contribution in [0.1, 0.15) is 44.0 Å². The Bertz CT molecular complexity index is 454. The number of nitrogens with one attached hydrogen (secondary N) is 1. The number of aryl methyl sites for hydroxylation is 2. The molecule has 0 radical (unpaired) electrons. The van der Waals surface area contributed by atoms with Gasteiger partial charge in [0.15, 0.2) is 0 Å². The molecule has 5 nitrogen and oxygen atoms in total. The molecule has 0 saturated heterocycles. The quantitative estimate of drug-likeness (QED) is 0.855. The van der Waals surface area contributed by atoms with Crippen molar-refractivity contribution in [2.75, 3.05) is 5.32 Å². The Morgan fingerprint density at radius 1 is 1.50 bits per heavy atom. The molecule has 2 N–H and O–H groups in total. The highest BCUT2D eigenvalue weighted by Crippen LogP contribution is 2.33. The Morgan fingerprint density at radius 3 is 2.72 bits per heavy atom. The van der Waals surface area contributed by atoms with E-state index in [4.69, 9.17) is 0 Å². The summed E-state index contributed by atoms with van der Waals surface area (Å²) in [5.74, 6) is 0.556. The zero-order valence-electron chi connectivity index (χ0n) is 10.9. The Hall–Kier alpha value is -1.65. The van der Waals surface area contributed by atoms with E-state index in [1.807, 2.05) is 13.8 Å². The summed E-state index contributed by atoms with van der Waals surface area (Å²) >= 11 is 0. The van der Waals surface area contributed by atoms with Crippen LogP contribution in [0.3, 0.4) is 0 Å². The van der Waals surface area contributed by atoms with Crippen LogP contribution in [-0.4, -0.2) is 26.6 Å². The number of aromatic nitrogens is 2. The SMILES string of the molecule is CCc1cnc(C)nc1NC1(C(=O)O)CCCC1. The Morgan fingerprint density at radius 2 is 2.17 bits per heavy atom. The number of carbonyl (C=O) groups is 1. The first kappa shape index (κ1) is 12.8. The van der Waals surface area contributed by atoms with E-state index < -0.39 is 11.5 Å². The molecule has 1 aromatic heterocycles. The van der Waals surface area contributed by atoms with Crippen LogP contribution in [0.5, 0.6) is 0 Å². The molecule has 1 aromatic rings. The van der Waals surface area contributed by atoms with Gasteiger partial charge in [0.05, 0.1) is 0 Å². The summed E-state index contributed by atoms with van der Waals surface area (Å²) in [5, 5.41) is 12.6. The predicted molar refractivity (Wildman–Crippen MR) is 68.6 cm³/mol.